The third-order valence-corrected chi connectivity index (χ3v) is 6.70. The molecule has 0 aliphatic carbocycles. The van der Waals surface area contributed by atoms with Crippen molar-refractivity contribution in [2.45, 2.75) is 6.92 Å². The molecule has 0 fully saturated rings. The van der Waals surface area contributed by atoms with Crippen LogP contribution in [0.15, 0.2) is 109 Å². The zero-order valence-corrected chi connectivity index (χ0v) is 18.7. The molecular formula is C31H21N3. The molecule has 34 heavy (non-hydrogen) atoms. The molecule has 0 unspecified atom stereocenters. The highest BCUT2D eigenvalue weighted by atomic mass is 15.0. The van der Waals surface area contributed by atoms with E-state index in [9.17, 15) is 0 Å². The maximum atomic E-state index is 5.17. The molecule has 3 heteroatoms. The van der Waals surface area contributed by atoms with E-state index < -0.39 is 0 Å². The molecule has 0 N–H and O–H groups in total. The molecule has 0 radical (unpaired) electrons. The van der Waals surface area contributed by atoms with Gasteiger partial charge in [0.2, 0.25) is 0 Å². The Morgan fingerprint density at radius 1 is 0.588 bits per heavy atom. The van der Waals surface area contributed by atoms with Crippen LogP contribution in [0.4, 0.5) is 0 Å². The van der Waals surface area contributed by atoms with Gasteiger partial charge in [0.05, 0.1) is 33.5 Å². The number of rotatable bonds is 2. The molecule has 0 aliphatic heterocycles. The first-order valence-corrected chi connectivity index (χ1v) is 11.5. The van der Waals surface area contributed by atoms with Gasteiger partial charge in [-0.15, -0.1) is 0 Å². The van der Waals surface area contributed by atoms with Gasteiger partial charge in [-0.25, -0.2) is 9.97 Å². The quantitative estimate of drug-likeness (QED) is 0.259. The highest BCUT2D eigenvalue weighted by Crippen LogP contribution is 2.38. The van der Waals surface area contributed by atoms with E-state index in [0.29, 0.717) is 0 Å². The molecule has 160 valence electrons. The predicted octanol–water partition coefficient (Wildman–Crippen LogP) is 7.86. The standard InChI is InChI=1S/C31H21N3/c1-20-29(33-27-19-18-21-10-5-6-13-23(21)30(27)32-20)26-16-9-15-25-24-14-7-8-17-28(24)34(31(25)26)22-11-3-2-4-12-22/h2-19H,1H3. The van der Waals surface area contributed by atoms with E-state index in [2.05, 4.69) is 121 Å². The number of hydrogen-bond acceptors (Lipinski definition) is 2. The first-order chi connectivity index (χ1) is 16.8. The highest BCUT2D eigenvalue weighted by molar-refractivity contribution is 6.14. The fraction of sp³-hybridized carbons (Fsp3) is 0.0323. The second-order valence-electron chi connectivity index (χ2n) is 8.70. The molecule has 0 spiro atoms. The van der Waals surface area contributed by atoms with E-state index in [0.717, 1.165) is 44.6 Å². The Balaban J connectivity index is 1.60. The minimum Gasteiger partial charge on any atom is -0.309 e. The zero-order chi connectivity index (χ0) is 22.6. The molecule has 0 saturated carbocycles. The minimum absolute atomic E-state index is 0.915. The fourth-order valence-electron chi connectivity index (χ4n) is 5.18. The molecule has 0 aliphatic rings. The average molecular weight is 436 g/mol. The third-order valence-electron chi connectivity index (χ3n) is 6.70. The van der Waals surface area contributed by atoms with Crippen LogP contribution in [0.5, 0.6) is 0 Å². The summed E-state index contributed by atoms with van der Waals surface area (Å²) in [7, 11) is 0. The smallest absolute Gasteiger partial charge is 0.0968 e. The first-order valence-electron chi connectivity index (χ1n) is 11.5. The Hall–Kier alpha value is -4.50. The predicted molar refractivity (Wildman–Crippen MR) is 142 cm³/mol. The van der Waals surface area contributed by atoms with Gasteiger partial charge in [0.25, 0.3) is 0 Å². The number of fused-ring (bicyclic) bond motifs is 6. The van der Waals surface area contributed by atoms with Crippen LogP contribution in [0.1, 0.15) is 5.69 Å². The summed E-state index contributed by atoms with van der Waals surface area (Å²) in [6.45, 7) is 2.07. The summed E-state index contributed by atoms with van der Waals surface area (Å²) in [4.78, 5) is 10.2. The highest BCUT2D eigenvalue weighted by Gasteiger charge is 2.19. The van der Waals surface area contributed by atoms with Crippen molar-refractivity contribution in [1.29, 1.82) is 0 Å². The van der Waals surface area contributed by atoms with Crippen LogP contribution in [-0.2, 0) is 0 Å². The van der Waals surface area contributed by atoms with E-state index in [4.69, 9.17) is 9.97 Å². The second-order valence-corrected chi connectivity index (χ2v) is 8.70. The Bertz CT molecular complexity index is 1860. The molecule has 7 aromatic rings. The lowest BCUT2D eigenvalue weighted by Gasteiger charge is -2.13. The van der Waals surface area contributed by atoms with Crippen LogP contribution in [-0.4, -0.2) is 14.5 Å². The molecule has 2 heterocycles. The monoisotopic (exact) mass is 435 g/mol. The molecule has 2 aromatic heterocycles. The molecule has 0 atom stereocenters. The summed E-state index contributed by atoms with van der Waals surface area (Å²) in [6, 6.07) is 38.3. The largest absolute Gasteiger partial charge is 0.309 e. The van der Waals surface area contributed by atoms with Gasteiger partial charge in [-0.1, -0.05) is 84.9 Å². The SMILES string of the molecule is Cc1nc2c(ccc3ccccc32)nc1-c1cccc2c3ccccc3n(-c3ccccc3)c12. The van der Waals surface area contributed by atoms with E-state index in [1.807, 2.05) is 0 Å². The van der Waals surface area contributed by atoms with Crippen molar-refractivity contribution >= 4 is 43.6 Å². The van der Waals surface area contributed by atoms with Crippen LogP contribution < -0.4 is 0 Å². The molecule has 0 bridgehead atoms. The van der Waals surface area contributed by atoms with E-state index in [1.165, 1.54) is 21.7 Å². The van der Waals surface area contributed by atoms with Crippen LogP contribution in [0.2, 0.25) is 0 Å². The number of aromatic nitrogens is 3. The van der Waals surface area contributed by atoms with Crippen LogP contribution in [0.3, 0.4) is 0 Å². The fourth-order valence-corrected chi connectivity index (χ4v) is 5.18. The lowest BCUT2D eigenvalue weighted by Crippen LogP contribution is -1.99. The minimum atomic E-state index is 0.915. The van der Waals surface area contributed by atoms with Gasteiger partial charge in [0, 0.05) is 27.4 Å². The van der Waals surface area contributed by atoms with Gasteiger partial charge < -0.3 is 4.57 Å². The van der Waals surface area contributed by atoms with E-state index in [1.54, 1.807) is 0 Å². The van der Waals surface area contributed by atoms with Crippen molar-refractivity contribution in [3.63, 3.8) is 0 Å². The summed E-state index contributed by atoms with van der Waals surface area (Å²) in [6.07, 6.45) is 0. The Labute approximate surface area is 196 Å². The molecular weight excluding hydrogens is 414 g/mol. The lowest BCUT2D eigenvalue weighted by molar-refractivity contribution is 1.16. The molecule has 0 saturated heterocycles. The van der Waals surface area contributed by atoms with Crippen molar-refractivity contribution in [3.8, 4) is 16.9 Å². The number of hydrogen-bond donors (Lipinski definition) is 0. The maximum absolute atomic E-state index is 5.17. The second kappa shape index (κ2) is 7.26. The van der Waals surface area contributed by atoms with Gasteiger partial charge in [-0.3, -0.25) is 0 Å². The van der Waals surface area contributed by atoms with Crippen LogP contribution in [0, 0.1) is 6.92 Å². The summed E-state index contributed by atoms with van der Waals surface area (Å²) < 4.78 is 2.35. The number of aryl methyl sites for hydroxylation is 1. The third kappa shape index (κ3) is 2.70. The van der Waals surface area contributed by atoms with Crippen molar-refractivity contribution in [3.05, 3.63) is 115 Å². The van der Waals surface area contributed by atoms with E-state index in [-0.39, 0.29) is 0 Å². The summed E-state index contributed by atoms with van der Waals surface area (Å²) >= 11 is 0. The first kappa shape index (κ1) is 19.0. The summed E-state index contributed by atoms with van der Waals surface area (Å²) in [5.74, 6) is 0. The number of para-hydroxylation sites is 3. The van der Waals surface area contributed by atoms with Crippen LogP contribution >= 0.6 is 0 Å². The lowest BCUT2D eigenvalue weighted by atomic mass is 10.0. The maximum Gasteiger partial charge on any atom is 0.0968 e. The number of nitrogens with zero attached hydrogens (tertiary/aromatic N) is 3. The zero-order valence-electron chi connectivity index (χ0n) is 18.7. The molecule has 0 amide bonds. The van der Waals surface area contributed by atoms with Gasteiger partial charge in [-0.2, -0.15) is 0 Å². The van der Waals surface area contributed by atoms with Gasteiger partial charge >= 0.3 is 0 Å². The van der Waals surface area contributed by atoms with Crippen molar-refractivity contribution in [1.82, 2.24) is 14.5 Å². The van der Waals surface area contributed by atoms with Crippen molar-refractivity contribution in [2.24, 2.45) is 0 Å². The average Bonchev–Trinajstić information content (AvgIpc) is 3.24. The molecule has 3 nitrogen and oxygen atoms in total. The Morgan fingerprint density at radius 2 is 1.32 bits per heavy atom. The number of benzene rings is 5. The normalized spacial score (nSPS) is 11.7. The van der Waals surface area contributed by atoms with Crippen LogP contribution in [0.25, 0.3) is 60.6 Å². The summed E-state index contributed by atoms with van der Waals surface area (Å²) in [5.41, 5.74) is 8.31. The van der Waals surface area contributed by atoms with Crippen molar-refractivity contribution in [2.75, 3.05) is 0 Å². The summed E-state index contributed by atoms with van der Waals surface area (Å²) in [5, 5.41) is 4.78. The Kier molecular flexibility index (Phi) is 4.06. The van der Waals surface area contributed by atoms with Crippen molar-refractivity contribution < 1.29 is 0 Å². The topological polar surface area (TPSA) is 30.7 Å². The van der Waals surface area contributed by atoms with E-state index >= 15 is 0 Å². The molecule has 5 aromatic carbocycles. The molecule has 7 rings (SSSR count). The van der Waals surface area contributed by atoms with Gasteiger partial charge in [-0.05, 0) is 36.6 Å². The van der Waals surface area contributed by atoms with Gasteiger partial charge in [0.1, 0.15) is 0 Å². The van der Waals surface area contributed by atoms with Gasteiger partial charge in [0.15, 0.2) is 0 Å². The Morgan fingerprint density at radius 3 is 2.21 bits per heavy atom.